The molecule has 1 aromatic heterocycles. The average Bonchev–Trinajstić information content (AvgIpc) is 3.01. The van der Waals surface area contributed by atoms with Crippen molar-refractivity contribution in [2.45, 2.75) is 11.8 Å². The van der Waals surface area contributed by atoms with Crippen molar-refractivity contribution in [1.29, 1.82) is 0 Å². The van der Waals surface area contributed by atoms with Crippen LogP contribution in [0, 0.1) is 6.92 Å². The van der Waals surface area contributed by atoms with Gasteiger partial charge in [0.25, 0.3) is 10.0 Å². The lowest BCUT2D eigenvalue weighted by Crippen LogP contribution is -2.13. The number of rotatable bonds is 5. The van der Waals surface area contributed by atoms with E-state index in [2.05, 4.69) is 9.71 Å². The average molecular weight is 378 g/mol. The van der Waals surface area contributed by atoms with Gasteiger partial charge in [0.15, 0.2) is 0 Å². The smallest absolute Gasteiger partial charge is 0.261 e. The molecule has 0 atom stereocenters. The number of aromatic nitrogens is 2. The van der Waals surface area contributed by atoms with Crippen LogP contribution >= 0.6 is 11.6 Å². The standard InChI is InChI=1S/C17H16ClN3O3S/c1-12-10-21(11-19-12)16-8-5-14(9-17(16)24-2)20-25(22,23)15-6-3-13(18)4-7-15/h3-11,20H,1-2H3. The van der Waals surface area contributed by atoms with Crippen LogP contribution in [0.15, 0.2) is 59.9 Å². The maximum absolute atomic E-state index is 12.5. The van der Waals surface area contributed by atoms with E-state index in [9.17, 15) is 8.42 Å². The lowest BCUT2D eigenvalue weighted by molar-refractivity contribution is 0.413. The number of imidazole rings is 1. The van der Waals surface area contributed by atoms with Gasteiger partial charge < -0.3 is 9.30 Å². The van der Waals surface area contributed by atoms with Gasteiger partial charge in [0.1, 0.15) is 5.75 Å². The number of methoxy groups -OCH3 is 1. The highest BCUT2D eigenvalue weighted by molar-refractivity contribution is 7.92. The number of anilines is 1. The summed E-state index contributed by atoms with van der Waals surface area (Å²) in [5.74, 6) is 0.522. The Labute approximate surface area is 151 Å². The zero-order valence-corrected chi connectivity index (χ0v) is 15.2. The lowest BCUT2D eigenvalue weighted by atomic mass is 10.2. The molecular weight excluding hydrogens is 362 g/mol. The Morgan fingerprint density at radius 2 is 1.88 bits per heavy atom. The second-order valence-corrected chi connectivity index (χ2v) is 7.49. The van der Waals surface area contributed by atoms with Gasteiger partial charge in [0.05, 0.1) is 35.4 Å². The first-order valence-electron chi connectivity index (χ1n) is 7.36. The van der Waals surface area contributed by atoms with Crippen LogP contribution < -0.4 is 9.46 Å². The summed E-state index contributed by atoms with van der Waals surface area (Å²) in [6.07, 6.45) is 3.53. The van der Waals surface area contributed by atoms with Gasteiger partial charge in [-0.05, 0) is 43.3 Å². The molecule has 0 saturated heterocycles. The van der Waals surface area contributed by atoms with Crippen LogP contribution in [0.4, 0.5) is 5.69 Å². The first-order valence-corrected chi connectivity index (χ1v) is 9.22. The van der Waals surface area contributed by atoms with E-state index in [-0.39, 0.29) is 4.90 Å². The summed E-state index contributed by atoms with van der Waals surface area (Å²) in [4.78, 5) is 4.31. The van der Waals surface area contributed by atoms with Crippen molar-refractivity contribution >= 4 is 27.3 Å². The minimum Gasteiger partial charge on any atom is -0.494 e. The van der Waals surface area contributed by atoms with Gasteiger partial charge in [0.2, 0.25) is 0 Å². The fourth-order valence-electron chi connectivity index (χ4n) is 2.34. The van der Waals surface area contributed by atoms with Crippen molar-refractivity contribution in [2.24, 2.45) is 0 Å². The van der Waals surface area contributed by atoms with Crippen molar-refractivity contribution < 1.29 is 13.2 Å². The molecule has 0 spiro atoms. The SMILES string of the molecule is COc1cc(NS(=O)(=O)c2ccc(Cl)cc2)ccc1-n1cnc(C)c1. The van der Waals surface area contributed by atoms with Crippen LogP contribution in [0.25, 0.3) is 5.69 Å². The van der Waals surface area contributed by atoms with Crippen LogP contribution in [0.1, 0.15) is 5.69 Å². The molecule has 0 bridgehead atoms. The lowest BCUT2D eigenvalue weighted by Gasteiger charge is -2.13. The molecule has 0 fully saturated rings. The van der Waals surface area contributed by atoms with Crippen molar-refractivity contribution in [2.75, 3.05) is 11.8 Å². The first kappa shape index (κ1) is 17.3. The monoisotopic (exact) mass is 377 g/mol. The van der Waals surface area contributed by atoms with E-state index in [0.717, 1.165) is 11.4 Å². The molecule has 0 amide bonds. The molecule has 3 aromatic rings. The highest BCUT2D eigenvalue weighted by atomic mass is 35.5. The number of ether oxygens (including phenoxy) is 1. The van der Waals surface area contributed by atoms with Crippen LogP contribution in [-0.2, 0) is 10.0 Å². The number of hydrogen-bond donors (Lipinski definition) is 1. The first-order chi connectivity index (χ1) is 11.9. The van der Waals surface area contributed by atoms with Crippen LogP contribution in [0.3, 0.4) is 0 Å². The van der Waals surface area contributed by atoms with Gasteiger partial charge in [-0.2, -0.15) is 0 Å². The van der Waals surface area contributed by atoms with Crippen molar-refractivity contribution in [3.05, 3.63) is 65.7 Å². The fraction of sp³-hybridized carbons (Fsp3) is 0.118. The van der Waals surface area contributed by atoms with Crippen molar-refractivity contribution in [3.63, 3.8) is 0 Å². The highest BCUT2D eigenvalue weighted by Crippen LogP contribution is 2.28. The van der Waals surface area contributed by atoms with E-state index in [1.165, 1.54) is 31.4 Å². The summed E-state index contributed by atoms with van der Waals surface area (Å²) in [6.45, 7) is 1.89. The fourth-order valence-corrected chi connectivity index (χ4v) is 3.51. The molecule has 0 saturated carbocycles. The Balaban J connectivity index is 1.92. The third kappa shape index (κ3) is 3.78. The summed E-state index contributed by atoms with van der Waals surface area (Å²) < 4.78 is 34.7. The van der Waals surface area contributed by atoms with Gasteiger partial charge in [-0.15, -0.1) is 0 Å². The molecule has 25 heavy (non-hydrogen) atoms. The molecule has 0 unspecified atom stereocenters. The minimum absolute atomic E-state index is 0.130. The number of nitrogens with one attached hydrogen (secondary N) is 1. The summed E-state index contributed by atoms with van der Waals surface area (Å²) >= 11 is 5.80. The Morgan fingerprint density at radius 1 is 1.16 bits per heavy atom. The van der Waals surface area contributed by atoms with Crippen molar-refractivity contribution in [1.82, 2.24) is 9.55 Å². The van der Waals surface area contributed by atoms with Gasteiger partial charge in [-0.1, -0.05) is 11.6 Å². The molecule has 0 aliphatic rings. The molecule has 0 aliphatic carbocycles. The topological polar surface area (TPSA) is 73.2 Å². The normalized spacial score (nSPS) is 11.3. The Kier molecular flexibility index (Phi) is 4.69. The summed E-state index contributed by atoms with van der Waals surface area (Å²) in [5, 5.41) is 0.473. The molecular formula is C17H16ClN3O3S. The molecule has 3 rings (SSSR count). The predicted octanol–water partition coefficient (Wildman–Crippen LogP) is 3.64. The maximum atomic E-state index is 12.5. The zero-order valence-electron chi connectivity index (χ0n) is 13.6. The van der Waals surface area contributed by atoms with Crippen LogP contribution in [0.2, 0.25) is 5.02 Å². The molecule has 6 nitrogen and oxygen atoms in total. The number of sulfonamides is 1. The number of halogens is 1. The molecule has 0 radical (unpaired) electrons. The molecule has 0 aliphatic heterocycles. The Morgan fingerprint density at radius 3 is 2.48 bits per heavy atom. The van der Waals surface area contributed by atoms with E-state index in [1.807, 2.05) is 17.7 Å². The summed E-state index contributed by atoms with van der Waals surface area (Å²) in [5.41, 5.74) is 2.03. The quantitative estimate of drug-likeness (QED) is 0.736. The minimum atomic E-state index is -3.71. The summed E-state index contributed by atoms with van der Waals surface area (Å²) in [6, 6.07) is 11.0. The van der Waals surface area contributed by atoms with E-state index in [4.69, 9.17) is 16.3 Å². The molecule has 1 heterocycles. The van der Waals surface area contributed by atoms with E-state index in [1.54, 1.807) is 24.5 Å². The number of aryl methyl sites for hydroxylation is 1. The molecule has 8 heteroatoms. The number of hydrogen-bond acceptors (Lipinski definition) is 4. The molecule has 2 aromatic carbocycles. The highest BCUT2D eigenvalue weighted by Gasteiger charge is 2.15. The van der Waals surface area contributed by atoms with E-state index in [0.29, 0.717) is 16.5 Å². The second-order valence-electron chi connectivity index (χ2n) is 5.37. The van der Waals surface area contributed by atoms with Gasteiger partial charge in [0, 0.05) is 17.3 Å². The third-order valence-corrected chi connectivity index (χ3v) is 5.19. The third-order valence-electron chi connectivity index (χ3n) is 3.55. The van der Waals surface area contributed by atoms with Gasteiger partial charge in [-0.3, -0.25) is 4.72 Å². The predicted molar refractivity (Wildman–Crippen MR) is 97.1 cm³/mol. The second kappa shape index (κ2) is 6.78. The number of benzene rings is 2. The van der Waals surface area contributed by atoms with E-state index < -0.39 is 10.0 Å². The van der Waals surface area contributed by atoms with Crippen LogP contribution in [-0.4, -0.2) is 25.1 Å². The van der Waals surface area contributed by atoms with E-state index >= 15 is 0 Å². The maximum Gasteiger partial charge on any atom is 0.261 e. The number of nitrogens with zero attached hydrogens (tertiary/aromatic N) is 2. The largest absolute Gasteiger partial charge is 0.494 e. The molecule has 130 valence electrons. The van der Waals surface area contributed by atoms with Crippen LogP contribution in [0.5, 0.6) is 5.75 Å². The molecule has 1 N–H and O–H groups in total. The Bertz CT molecular complexity index is 998. The summed E-state index contributed by atoms with van der Waals surface area (Å²) in [7, 11) is -2.18. The van der Waals surface area contributed by atoms with Gasteiger partial charge in [-0.25, -0.2) is 13.4 Å². The zero-order chi connectivity index (χ0) is 18.0. The Hall–Kier alpha value is -2.51. The van der Waals surface area contributed by atoms with Crippen molar-refractivity contribution in [3.8, 4) is 11.4 Å². The van der Waals surface area contributed by atoms with Gasteiger partial charge >= 0.3 is 0 Å².